The van der Waals surface area contributed by atoms with E-state index in [9.17, 15) is 19.2 Å². The van der Waals surface area contributed by atoms with E-state index < -0.39 is 23.9 Å². The Balaban J connectivity index is 1.20. The monoisotopic (exact) mass is 1070 g/mol. The summed E-state index contributed by atoms with van der Waals surface area (Å²) < 4.78 is 35.4. The van der Waals surface area contributed by atoms with E-state index in [1.807, 2.05) is 48.5 Å². The van der Waals surface area contributed by atoms with Crippen molar-refractivity contribution in [1.29, 1.82) is 0 Å². The third-order valence-electron chi connectivity index (χ3n) is 14.7. The third kappa shape index (κ3) is 15.5. The van der Waals surface area contributed by atoms with E-state index in [1.54, 1.807) is 111 Å². The molecule has 0 bridgehead atoms. The van der Waals surface area contributed by atoms with E-state index in [-0.39, 0.29) is 22.6 Å². The maximum absolute atomic E-state index is 14.8. The van der Waals surface area contributed by atoms with Gasteiger partial charge in [0, 0.05) is 21.9 Å². The van der Waals surface area contributed by atoms with E-state index in [0.717, 1.165) is 71.2 Å². The van der Waals surface area contributed by atoms with Gasteiger partial charge in [-0.3, -0.25) is 0 Å². The topological polar surface area (TPSA) is 124 Å². The molecule has 0 saturated heterocycles. The molecule has 0 unspecified atom stereocenters. The van der Waals surface area contributed by atoms with Crippen LogP contribution in [0.25, 0.3) is 32.7 Å². The van der Waals surface area contributed by atoms with Gasteiger partial charge in [-0.25, -0.2) is 19.2 Å². The molecule has 0 saturated carbocycles. The van der Waals surface area contributed by atoms with Crippen LogP contribution in [0.1, 0.15) is 169 Å². The number of hydrogen-bond acceptors (Lipinski definition) is 10. The zero-order chi connectivity index (χ0) is 56.1. The number of carbonyl (C=O) groups is 4. The molecule has 0 N–H and O–H groups in total. The molecular formula is C70H74O10. The highest BCUT2D eigenvalue weighted by Gasteiger charge is 2.28. The molecule has 8 aromatic carbocycles. The summed E-state index contributed by atoms with van der Waals surface area (Å²) in [6.45, 7) is 4.47. The Kier molecular flexibility index (Phi) is 21.5. The standard InChI is InChI=1S/C70H74O10/c1-5-7-9-11-13-15-17-19-27-55-47-53-25-21-23-29-61(53)65(79-69(73)51-35-43-59(44-36-51)77-67(71)49-31-39-57(75-3)40-32-49)63(55)64-56(28-20-18-16-14-12-10-8-6-2)48-54-26-22-24-30-62(54)66(64)80-70(74)52-37-45-60(46-38-52)78-68(72)50-33-41-58(76-4)42-34-50/h21-26,29-48H,5-20,27-28H2,1-4H3. The maximum Gasteiger partial charge on any atom is 0.343 e. The molecule has 8 rings (SSSR count). The fraction of sp³-hybridized carbons (Fsp3) is 0.314. The van der Waals surface area contributed by atoms with Crippen LogP contribution >= 0.6 is 0 Å². The molecule has 0 amide bonds. The molecule has 0 radical (unpaired) electrons. The van der Waals surface area contributed by atoms with Crippen LogP contribution in [-0.4, -0.2) is 38.1 Å². The largest absolute Gasteiger partial charge is 0.497 e. The summed E-state index contributed by atoms with van der Waals surface area (Å²) in [6, 6.07) is 46.2. The molecule has 0 aromatic heterocycles. The number of unbranched alkanes of at least 4 members (excludes halogenated alkanes) is 14. The van der Waals surface area contributed by atoms with Crippen molar-refractivity contribution in [2.45, 2.75) is 129 Å². The van der Waals surface area contributed by atoms with E-state index in [0.29, 0.717) is 58.1 Å². The maximum atomic E-state index is 14.8. The van der Waals surface area contributed by atoms with Crippen molar-refractivity contribution in [3.63, 3.8) is 0 Å². The smallest absolute Gasteiger partial charge is 0.343 e. The Hall–Kier alpha value is -8.24. The van der Waals surface area contributed by atoms with Crippen molar-refractivity contribution in [3.8, 4) is 45.6 Å². The van der Waals surface area contributed by atoms with Crippen LogP contribution in [0.15, 0.2) is 158 Å². The van der Waals surface area contributed by atoms with E-state index in [1.165, 1.54) is 64.2 Å². The van der Waals surface area contributed by atoms with Crippen LogP contribution in [0, 0.1) is 0 Å². The first-order valence-electron chi connectivity index (χ1n) is 28.6. The Morgan fingerprint density at radius 1 is 0.325 bits per heavy atom. The average molecular weight is 1080 g/mol. The molecule has 0 aliphatic carbocycles. The fourth-order valence-electron chi connectivity index (χ4n) is 10.2. The molecular weight excluding hydrogens is 1000 g/mol. The molecule has 10 heteroatoms. The van der Waals surface area contributed by atoms with E-state index in [4.69, 9.17) is 28.4 Å². The van der Waals surface area contributed by atoms with Crippen LogP contribution in [0.4, 0.5) is 0 Å². The first-order chi connectivity index (χ1) is 39.2. The summed E-state index contributed by atoms with van der Waals surface area (Å²) in [5, 5.41) is 3.27. The Labute approximate surface area is 471 Å². The van der Waals surface area contributed by atoms with Gasteiger partial charge in [-0.15, -0.1) is 0 Å². The van der Waals surface area contributed by atoms with Crippen LogP contribution < -0.4 is 28.4 Å². The zero-order valence-electron chi connectivity index (χ0n) is 46.8. The number of fused-ring (bicyclic) bond motifs is 2. The lowest BCUT2D eigenvalue weighted by Crippen LogP contribution is -2.14. The van der Waals surface area contributed by atoms with Crippen LogP contribution in [0.2, 0.25) is 0 Å². The second-order valence-corrected chi connectivity index (χ2v) is 20.4. The number of esters is 4. The molecule has 0 spiro atoms. The minimum Gasteiger partial charge on any atom is -0.497 e. The summed E-state index contributed by atoms with van der Waals surface area (Å²) in [4.78, 5) is 55.8. The number of ether oxygens (including phenoxy) is 6. The lowest BCUT2D eigenvalue weighted by molar-refractivity contribution is 0.0720. The Bertz CT molecular complexity index is 3100. The van der Waals surface area contributed by atoms with Crippen molar-refractivity contribution in [3.05, 3.63) is 191 Å². The quantitative estimate of drug-likeness (QED) is 0.0254. The summed E-state index contributed by atoms with van der Waals surface area (Å²) >= 11 is 0. The van der Waals surface area contributed by atoms with Gasteiger partial charge in [0.05, 0.1) is 36.5 Å². The predicted molar refractivity (Wildman–Crippen MR) is 318 cm³/mol. The second kappa shape index (κ2) is 29.7. The van der Waals surface area contributed by atoms with Gasteiger partial charge in [0.1, 0.15) is 34.5 Å². The fourth-order valence-corrected chi connectivity index (χ4v) is 10.2. The van der Waals surface area contributed by atoms with Gasteiger partial charge in [-0.1, -0.05) is 164 Å². The van der Waals surface area contributed by atoms with Crippen molar-refractivity contribution >= 4 is 45.4 Å². The molecule has 8 aromatic rings. The molecule has 0 fully saturated rings. The van der Waals surface area contributed by atoms with Crippen LogP contribution in [-0.2, 0) is 12.8 Å². The van der Waals surface area contributed by atoms with E-state index >= 15 is 0 Å². The van der Waals surface area contributed by atoms with Crippen molar-refractivity contribution in [2.75, 3.05) is 14.2 Å². The predicted octanol–water partition coefficient (Wildman–Crippen LogP) is 17.9. The average Bonchev–Trinajstić information content (AvgIpc) is 3.56. The van der Waals surface area contributed by atoms with Gasteiger partial charge in [-0.2, -0.15) is 0 Å². The van der Waals surface area contributed by atoms with Crippen molar-refractivity contribution < 1.29 is 47.6 Å². The first kappa shape index (κ1) is 57.9. The lowest BCUT2D eigenvalue weighted by atomic mass is 9.85. The number of carbonyl (C=O) groups excluding carboxylic acids is 4. The lowest BCUT2D eigenvalue weighted by Gasteiger charge is -2.24. The number of rotatable bonds is 29. The summed E-state index contributed by atoms with van der Waals surface area (Å²) in [6.07, 6.45) is 19.6. The molecule has 0 aliphatic rings. The van der Waals surface area contributed by atoms with Gasteiger partial charge < -0.3 is 28.4 Å². The molecule has 0 aliphatic heterocycles. The first-order valence-corrected chi connectivity index (χ1v) is 28.6. The minimum atomic E-state index is -0.606. The van der Waals surface area contributed by atoms with Crippen LogP contribution in [0.3, 0.4) is 0 Å². The Morgan fingerprint density at radius 3 is 0.938 bits per heavy atom. The molecule has 0 atom stereocenters. The van der Waals surface area contributed by atoms with Crippen molar-refractivity contribution in [2.24, 2.45) is 0 Å². The number of hydrogen-bond donors (Lipinski definition) is 0. The molecule has 10 nitrogen and oxygen atoms in total. The highest BCUT2D eigenvalue weighted by Crippen LogP contribution is 2.49. The van der Waals surface area contributed by atoms with Crippen molar-refractivity contribution in [1.82, 2.24) is 0 Å². The van der Waals surface area contributed by atoms with Gasteiger partial charge >= 0.3 is 23.9 Å². The molecule has 0 heterocycles. The zero-order valence-corrected chi connectivity index (χ0v) is 46.8. The normalized spacial score (nSPS) is 11.1. The third-order valence-corrected chi connectivity index (χ3v) is 14.7. The summed E-state index contributed by atoms with van der Waals surface area (Å²) in [7, 11) is 3.12. The summed E-state index contributed by atoms with van der Waals surface area (Å²) in [5.74, 6) is 0.178. The number of aryl methyl sites for hydroxylation is 2. The van der Waals surface area contributed by atoms with Gasteiger partial charge in [0.2, 0.25) is 0 Å². The second-order valence-electron chi connectivity index (χ2n) is 20.4. The highest BCUT2D eigenvalue weighted by molar-refractivity contribution is 6.07. The Morgan fingerprint density at radius 2 is 0.613 bits per heavy atom. The van der Waals surface area contributed by atoms with Gasteiger partial charge in [-0.05, 0) is 145 Å². The minimum absolute atomic E-state index is 0.250. The van der Waals surface area contributed by atoms with Gasteiger partial charge in [0.15, 0.2) is 0 Å². The van der Waals surface area contributed by atoms with Gasteiger partial charge in [0.25, 0.3) is 0 Å². The molecule has 80 heavy (non-hydrogen) atoms. The summed E-state index contributed by atoms with van der Waals surface area (Å²) in [5.41, 5.74) is 4.56. The number of benzene rings is 8. The van der Waals surface area contributed by atoms with Crippen LogP contribution in [0.5, 0.6) is 34.5 Å². The highest BCUT2D eigenvalue weighted by atomic mass is 16.5. The SMILES string of the molecule is CCCCCCCCCCc1cc2ccccc2c(OC(=O)c2ccc(OC(=O)c3ccc(OC)cc3)cc2)c1-c1c(CCCCCCCCCC)cc2ccccc2c1OC(=O)c1ccc(OC(=O)c2ccc(OC)cc2)cc1. The van der Waals surface area contributed by atoms with E-state index in [2.05, 4.69) is 26.0 Å². The number of methoxy groups -OCH3 is 2. The molecule has 414 valence electrons.